The van der Waals surface area contributed by atoms with Gasteiger partial charge in [0.25, 0.3) is 0 Å². The number of halogens is 1. The van der Waals surface area contributed by atoms with Crippen molar-refractivity contribution < 1.29 is 23.8 Å². The smallest absolute Gasteiger partial charge is 0.344 e. The average molecular weight is 341 g/mol. The maximum absolute atomic E-state index is 13.1. The van der Waals surface area contributed by atoms with Crippen LogP contribution in [0.2, 0.25) is 0 Å². The number of allylic oxidation sites excluding steroid dienone is 1. The van der Waals surface area contributed by atoms with Crippen LogP contribution in [0.1, 0.15) is 18.1 Å². The number of carboxylic acids is 1. The molecule has 128 valence electrons. The van der Waals surface area contributed by atoms with Gasteiger partial charge in [-0.1, -0.05) is 24.3 Å². The summed E-state index contributed by atoms with van der Waals surface area (Å²) in [5.74, 6) is -0.963. The number of nitrogens with zero attached hydrogens (tertiary/aromatic N) is 1. The van der Waals surface area contributed by atoms with Crippen LogP contribution in [0.15, 0.2) is 42.5 Å². The Kier molecular flexibility index (Phi) is 5.75. The molecule has 0 fully saturated rings. The van der Waals surface area contributed by atoms with Gasteiger partial charge >= 0.3 is 5.97 Å². The average Bonchev–Trinajstić information content (AvgIpc) is 2.61. The molecule has 0 aliphatic carbocycles. The van der Waals surface area contributed by atoms with Gasteiger partial charge in [0.2, 0.25) is 0 Å². The van der Waals surface area contributed by atoms with Gasteiger partial charge in [-0.2, -0.15) is 5.26 Å². The molecule has 0 unspecified atom stereocenters. The summed E-state index contributed by atoms with van der Waals surface area (Å²) in [6.07, 6.45) is 0.444. The van der Waals surface area contributed by atoms with Crippen molar-refractivity contribution in [1.82, 2.24) is 0 Å². The molecule has 0 aromatic heterocycles. The molecule has 0 spiro atoms. The van der Waals surface area contributed by atoms with Crippen LogP contribution in [-0.2, 0) is 4.79 Å². The molecule has 2 aromatic carbocycles. The third-order valence-corrected chi connectivity index (χ3v) is 3.45. The lowest BCUT2D eigenvalue weighted by atomic mass is 10.0. The maximum atomic E-state index is 13.1. The van der Waals surface area contributed by atoms with Gasteiger partial charge in [0.15, 0.2) is 17.6 Å². The molecule has 2 aromatic rings. The van der Waals surface area contributed by atoms with E-state index >= 15 is 0 Å². The third-order valence-electron chi connectivity index (χ3n) is 3.45. The summed E-state index contributed by atoms with van der Waals surface area (Å²) in [4.78, 5) is 11.1. The van der Waals surface area contributed by atoms with E-state index in [4.69, 9.17) is 14.6 Å². The van der Waals surface area contributed by atoms with Gasteiger partial charge in [-0.05, 0) is 36.8 Å². The van der Waals surface area contributed by atoms with Crippen LogP contribution in [0.5, 0.6) is 11.5 Å². The molecule has 2 rings (SSSR count). The van der Waals surface area contributed by atoms with Crippen molar-refractivity contribution in [3.8, 4) is 17.6 Å². The number of methoxy groups -OCH3 is 1. The summed E-state index contributed by atoms with van der Waals surface area (Å²) >= 11 is 0. The van der Waals surface area contributed by atoms with E-state index in [1.165, 1.54) is 38.3 Å². The van der Waals surface area contributed by atoms with E-state index in [-0.39, 0.29) is 11.3 Å². The number of benzene rings is 2. The number of aliphatic carboxylic acids is 1. The maximum Gasteiger partial charge on any atom is 0.344 e. The van der Waals surface area contributed by atoms with Crippen LogP contribution in [0, 0.1) is 17.1 Å². The lowest BCUT2D eigenvalue weighted by molar-refractivity contribution is -0.144. The topological polar surface area (TPSA) is 79.5 Å². The van der Waals surface area contributed by atoms with Crippen LogP contribution in [-0.4, -0.2) is 24.3 Å². The fourth-order valence-electron chi connectivity index (χ4n) is 2.13. The minimum Gasteiger partial charge on any atom is -0.493 e. The number of carboxylic acid groups (broad SMARTS) is 1. The van der Waals surface area contributed by atoms with Gasteiger partial charge in [0.1, 0.15) is 5.82 Å². The largest absolute Gasteiger partial charge is 0.493 e. The molecule has 5 nitrogen and oxygen atoms in total. The highest BCUT2D eigenvalue weighted by Crippen LogP contribution is 2.34. The number of para-hydroxylation sites is 1. The van der Waals surface area contributed by atoms with Crippen LogP contribution >= 0.6 is 0 Å². The van der Waals surface area contributed by atoms with E-state index in [9.17, 15) is 14.4 Å². The predicted molar refractivity (Wildman–Crippen MR) is 90.6 cm³/mol. The summed E-state index contributed by atoms with van der Waals surface area (Å²) < 4.78 is 23.8. The summed E-state index contributed by atoms with van der Waals surface area (Å²) in [6.45, 7) is 1.40. The van der Waals surface area contributed by atoms with E-state index in [1.807, 2.05) is 0 Å². The number of hydrogen-bond acceptors (Lipinski definition) is 4. The zero-order valence-electron chi connectivity index (χ0n) is 13.7. The first-order chi connectivity index (χ1) is 12.0. The van der Waals surface area contributed by atoms with Crippen molar-refractivity contribution in [2.24, 2.45) is 0 Å². The molecule has 0 heterocycles. The molecule has 0 radical (unpaired) electrons. The minimum absolute atomic E-state index is 0.217. The summed E-state index contributed by atoms with van der Waals surface area (Å²) in [5.41, 5.74) is 1.29. The molecule has 0 bridgehead atoms. The zero-order valence-corrected chi connectivity index (χ0v) is 13.7. The van der Waals surface area contributed by atoms with Crippen LogP contribution in [0.4, 0.5) is 4.39 Å². The minimum atomic E-state index is -1.13. The Balaban J connectivity index is 2.51. The van der Waals surface area contributed by atoms with Crippen molar-refractivity contribution in [3.63, 3.8) is 0 Å². The fourth-order valence-corrected chi connectivity index (χ4v) is 2.13. The Morgan fingerprint density at radius 3 is 2.52 bits per heavy atom. The normalized spacial score (nSPS) is 12.2. The van der Waals surface area contributed by atoms with E-state index in [1.54, 1.807) is 24.3 Å². The van der Waals surface area contributed by atoms with E-state index in [2.05, 4.69) is 6.07 Å². The first-order valence-corrected chi connectivity index (χ1v) is 7.40. The summed E-state index contributed by atoms with van der Waals surface area (Å²) in [6, 6.07) is 12.6. The first kappa shape index (κ1) is 18.0. The summed E-state index contributed by atoms with van der Waals surface area (Å²) in [5, 5.41) is 18.5. The number of hydrogen-bond donors (Lipinski definition) is 1. The Labute approximate surface area is 144 Å². The van der Waals surface area contributed by atoms with E-state index in [0.717, 1.165) is 0 Å². The SMILES string of the molecule is COc1cccc(/C=C(/C#N)c2ccc(F)cc2)c1O[C@@H](C)C(=O)O. The van der Waals surface area contributed by atoms with Crippen molar-refractivity contribution >= 4 is 17.6 Å². The fraction of sp³-hybridized carbons (Fsp3) is 0.158. The van der Waals surface area contributed by atoms with Crippen molar-refractivity contribution in [2.45, 2.75) is 13.0 Å². The van der Waals surface area contributed by atoms with Gasteiger partial charge in [-0.25, -0.2) is 9.18 Å². The second kappa shape index (κ2) is 7.97. The molecule has 0 saturated heterocycles. The second-order valence-corrected chi connectivity index (χ2v) is 5.15. The zero-order chi connectivity index (χ0) is 18.4. The standard InChI is InChI=1S/C19H16FNO4/c1-12(19(22)23)25-18-14(4-3-5-17(18)24-2)10-15(11-21)13-6-8-16(20)9-7-13/h3-10,12H,1-2H3,(H,22,23)/b15-10-/t12-/m0/s1. The van der Waals surface area contributed by atoms with Crippen LogP contribution < -0.4 is 9.47 Å². The number of rotatable bonds is 6. The third kappa shape index (κ3) is 4.36. The molecule has 0 aliphatic rings. The molecule has 0 amide bonds. The van der Waals surface area contributed by atoms with Gasteiger partial charge in [-0.15, -0.1) is 0 Å². The second-order valence-electron chi connectivity index (χ2n) is 5.15. The first-order valence-electron chi connectivity index (χ1n) is 7.40. The predicted octanol–water partition coefficient (Wildman–Crippen LogP) is 3.75. The van der Waals surface area contributed by atoms with E-state index < -0.39 is 17.9 Å². The van der Waals surface area contributed by atoms with Crippen molar-refractivity contribution in [3.05, 3.63) is 59.4 Å². The molecule has 25 heavy (non-hydrogen) atoms. The molecule has 1 N–H and O–H groups in total. The Bertz CT molecular complexity index is 837. The Morgan fingerprint density at radius 1 is 1.28 bits per heavy atom. The highest BCUT2D eigenvalue weighted by atomic mass is 19.1. The number of nitriles is 1. The van der Waals surface area contributed by atoms with Gasteiger partial charge in [0, 0.05) is 5.56 Å². The Hall–Kier alpha value is -3.33. The number of carbonyl (C=O) groups is 1. The van der Waals surface area contributed by atoms with Gasteiger partial charge < -0.3 is 14.6 Å². The van der Waals surface area contributed by atoms with Crippen LogP contribution in [0.25, 0.3) is 11.6 Å². The highest BCUT2D eigenvalue weighted by Gasteiger charge is 2.18. The van der Waals surface area contributed by atoms with Gasteiger partial charge in [-0.3, -0.25) is 0 Å². The summed E-state index contributed by atoms with van der Waals surface area (Å²) in [7, 11) is 1.44. The molecule has 0 aliphatic heterocycles. The molecular formula is C19H16FNO4. The van der Waals surface area contributed by atoms with Gasteiger partial charge in [0.05, 0.1) is 18.8 Å². The molecule has 1 atom stereocenters. The molecule has 0 saturated carbocycles. The van der Waals surface area contributed by atoms with Crippen molar-refractivity contribution in [1.29, 1.82) is 5.26 Å². The van der Waals surface area contributed by atoms with E-state index in [0.29, 0.717) is 16.9 Å². The molecular weight excluding hydrogens is 325 g/mol. The molecule has 6 heteroatoms. The quantitative estimate of drug-likeness (QED) is 0.639. The lowest BCUT2D eigenvalue weighted by Gasteiger charge is -2.16. The lowest BCUT2D eigenvalue weighted by Crippen LogP contribution is -2.23. The number of ether oxygens (including phenoxy) is 2. The van der Waals surface area contributed by atoms with Crippen LogP contribution in [0.3, 0.4) is 0 Å². The Morgan fingerprint density at radius 2 is 1.96 bits per heavy atom. The highest BCUT2D eigenvalue weighted by molar-refractivity contribution is 5.91. The monoisotopic (exact) mass is 341 g/mol. The van der Waals surface area contributed by atoms with Crippen molar-refractivity contribution in [2.75, 3.05) is 7.11 Å².